The fourth-order valence-electron chi connectivity index (χ4n) is 4.59. The molecule has 0 atom stereocenters. The summed E-state index contributed by atoms with van der Waals surface area (Å²) in [4.78, 5) is 10.5. The van der Waals surface area contributed by atoms with E-state index >= 15 is 0 Å². The van der Waals surface area contributed by atoms with Crippen molar-refractivity contribution in [2.24, 2.45) is 0 Å². The van der Waals surface area contributed by atoms with Gasteiger partial charge in [0.2, 0.25) is 0 Å². The SMILES string of the molecule is Fc1ccc2[nH]cc(CCCN3CCN(c4ccc(N5C=CC=CC5)cc4)CC3)c2c1. The number of aromatic nitrogens is 1. The van der Waals surface area contributed by atoms with Gasteiger partial charge in [-0.25, -0.2) is 4.39 Å². The number of allylic oxidation sites excluding steroid dienone is 2. The van der Waals surface area contributed by atoms with Crippen LogP contribution in [0, 0.1) is 5.82 Å². The molecule has 1 saturated heterocycles. The maximum absolute atomic E-state index is 13.6. The van der Waals surface area contributed by atoms with E-state index < -0.39 is 0 Å². The third-order valence-electron chi connectivity index (χ3n) is 6.38. The summed E-state index contributed by atoms with van der Waals surface area (Å²) < 4.78 is 13.6. The number of fused-ring (bicyclic) bond motifs is 1. The normalized spacial score (nSPS) is 17.1. The summed E-state index contributed by atoms with van der Waals surface area (Å²) in [5.74, 6) is -0.165. The number of nitrogens with one attached hydrogen (secondary N) is 1. The molecule has 0 aliphatic carbocycles. The summed E-state index contributed by atoms with van der Waals surface area (Å²) in [6, 6.07) is 13.9. The number of halogens is 1. The van der Waals surface area contributed by atoms with E-state index in [0.29, 0.717) is 0 Å². The second-order valence-corrected chi connectivity index (χ2v) is 8.37. The molecule has 0 spiro atoms. The van der Waals surface area contributed by atoms with Crippen LogP contribution in [0.15, 0.2) is 73.1 Å². The lowest BCUT2D eigenvalue weighted by molar-refractivity contribution is 0.255. The van der Waals surface area contributed by atoms with Crippen molar-refractivity contribution in [1.82, 2.24) is 9.88 Å². The van der Waals surface area contributed by atoms with E-state index in [1.54, 1.807) is 6.07 Å². The van der Waals surface area contributed by atoms with Crippen LogP contribution in [0.1, 0.15) is 12.0 Å². The molecule has 4 nitrogen and oxygen atoms in total. The number of rotatable bonds is 6. The number of nitrogens with zero attached hydrogens (tertiary/aromatic N) is 3. The second kappa shape index (κ2) is 8.98. The smallest absolute Gasteiger partial charge is 0.123 e. The van der Waals surface area contributed by atoms with Gasteiger partial charge in [0.25, 0.3) is 0 Å². The molecule has 0 bridgehead atoms. The third-order valence-corrected chi connectivity index (χ3v) is 6.38. The van der Waals surface area contributed by atoms with Crippen molar-refractivity contribution < 1.29 is 4.39 Å². The molecule has 5 rings (SSSR count). The van der Waals surface area contributed by atoms with Crippen LogP contribution >= 0.6 is 0 Å². The Bertz CT molecular complexity index is 1070. The van der Waals surface area contributed by atoms with Crippen LogP contribution in [0.5, 0.6) is 0 Å². The minimum atomic E-state index is -0.165. The molecule has 0 radical (unpaired) electrons. The molecule has 1 aromatic heterocycles. The summed E-state index contributed by atoms with van der Waals surface area (Å²) >= 11 is 0. The van der Waals surface area contributed by atoms with Gasteiger partial charge < -0.3 is 14.8 Å². The number of anilines is 2. The van der Waals surface area contributed by atoms with Crippen LogP contribution in [-0.4, -0.2) is 49.2 Å². The van der Waals surface area contributed by atoms with Crippen LogP contribution in [0.4, 0.5) is 15.8 Å². The predicted octanol–water partition coefficient (Wildman–Crippen LogP) is 4.95. The lowest BCUT2D eigenvalue weighted by atomic mass is 10.1. The summed E-state index contributed by atoms with van der Waals surface area (Å²) in [7, 11) is 0. The summed E-state index contributed by atoms with van der Waals surface area (Å²) in [6.07, 6.45) is 12.6. The van der Waals surface area contributed by atoms with Gasteiger partial charge in [-0.05, 0) is 73.5 Å². The average molecular weight is 417 g/mol. The van der Waals surface area contributed by atoms with Gasteiger partial charge in [-0.3, -0.25) is 4.90 Å². The van der Waals surface area contributed by atoms with Crippen LogP contribution in [0.3, 0.4) is 0 Å². The fraction of sp³-hybridized carbons (Fsp3) is 0.308. The standard InChI is InChI=1S/C26H29FN4/c27-22-6-11-26-25(19-22)21(20-28-26)5-4-12-29-15-17-31(18-16-29)24-9-7-23(8-10-24)30-13-2-1-3-14-30/h1-3,6-11,13,19-20,28H,4-5,12,14-18H2. The minimum absolute atomic E-state index is 0.165. The van der Waals surface area contributed by atoms with Crippen molar-refractivity contribution in [1.29, 1.82) is 0 Å². The van der Waals surface area contributed by atoms with Gasteiger partial charge in [0.05, 0.1) is 0 Å². The first kappa shape index (κ1) is 19.9. The molecule has 1 fully saturated rings. The van der Waals surface area contributed by atoms with E-state index in [2.05, 4.69) is 68.4 Å². The lowest BCUT2D eigenvalue weighted by Gasteiger charge is -2.36. The molecule has 0 amide bonds. The number of aryl methyl sites for hydroxylation is 1. The Morgan fingerprint density at radius 2 is 1.71 bits per heavy atom. The zero-order valence-corrected chi connectivity index (χ0v) is 17.8. The summed E-state index contributed by atoms with van der Waals surface area (Å²) in [5, 5.41) is 1.02. The van der Waals surface area contributed by atoms with Gasteiger partial charge >= 0.3 is 0 Å². The highest BCUT2D eigenvalue weighted by atomic mass is 19.1. The van der Waals surface area contributed by atoms with Gasteiger partial charge in [0.15, 0.2) is 0 Å². The first-order valence-corrected chi connectivity index (χ1v) is 11.2. The lowest BCUT2D eigenvalue weighted by Crippen LogP contribution is -2.46. The maximum Gasteiger partial charge on any atom is 0.123 e. The molecule has 3 aromatic rings. The van der Waals surface area contributed by atoms with Gasteiger partial charge in [0.1, 0.15) is 5.82 Å². The highest BCUT2D eigenvalue weighted by Gasteiger charge is 2.17. The Labute approximate surface area is 183 Å². The van der Waals surface area contributed by atoms with Gasteiger partial charge in [-0.1, -0.05) is 12.2 Å². The zero-order chi connectivity index (χ0) is 21.0. The maximum atomic E-state index is 13.6. The minimum Gasteiger partial charge on any atom is -0.369 e. The zero-order valence-electron chi connectivity index (χ0n) is 17.8. The van der Waals surface area contributed by atoms with Crippen LogP contribution in [-0.2, 0) is 6.42 Å². The Hall–Kier alpha value is -3.05. The van der Waals surface area contributed by atoms with E-state index in [0.717, 1.165) is 63.0 Å². The molecule has 1 N–H and O–H groups in total. The average Bonchev–Trinajstić information content (AvgIpc) is 3.22. The first-order chi connectivity index (χ1) is 15.3. The number of hydrogen-bond donors (Lipinski definition) is 1. The first-order valence-electron chi connectivity index (χ1n) is 11.2. The quantitative estimate of drug-likeness (QED) is 0.616. The van der Waals surface area contributed by atoms with E-state index in [1.807, 2.05) is 12.3 Å². The molecule has 5 heteroatoms. The van der Waals surface area contributed by atoms with Crippen molar-refractivity contribution in [3.8, 4) is 0 Å². The van der Waals surface area contributed by atoms with Crippen molar-refractivity contribution in [2.45, 2.75) is 12.8 Å². The van der Waals surface area contributed by atoms with E-state index in [9.17, 15) is 4.39 Å². The Morgan fingerprint density at radius 1 is 0.903 bits per heavy atom. The molecule has 160 valence electrons. The fourth-order valence-corrected chi connectivity index (χ4v) is 4.59. The van der Waals surface area contributed by atoms with Crippen LogP contribution in [0.25, 0.3) is 10.9 Å². The summed E-state index contributed by atoms with van der Waals surface area (Å²) in [6.45, 7) is 6.31. The van der Waals surface area contributed by atoms with E-state index in [-0.39, 0.29) is 5.82 Å². The summed E-state index contributed by atoms with van der Waals surface area (Å²) in [5.41, 5.74) is 4.77. The highest BCUT2D eigenvalue weighted by Crippen LogP contribution is 2.24. The highest BCUT2D eigenvalue weighted by molar-refractivity contribution is 5.83. The van der Waals surface area contributed by atoms with Gasteiger partial charge in [0, 0.05) is 67.4 Å². The number of benzene rings is 2. The predicted molar refractivity (Wildman–Crippen MR) is 127 cm³/mol. The second-order valence-electron chi connectivity index (χ2n) is 8.37. The molecular formula is C26H29FN4. The molecule has 3 heterocycles. The van der Waals surface area contributed by atoms with Crippen molar-refractivity contribution in [3.05, 3.63) is 84.5 Å². The topological polar surface area (TPSA) is 25.5 Å². The van der Waals surface area contributed by atoms with Crippen molar-refractivity contribution >= 4 is 22.3 Å². The van der Waals surface area contributed by atoms with Crippen LogP contribution < -0.4 is 9.80 Å². The molecule has 2 aliphatic heterocycles. The molecule has 0 saturated carbocycles. The van der Waals surface area contributed by atoms with Crippen LogP contribution in [0.2, 0.25) is 0 Å². The Kier molecular flexibility index (Phi) is 5.76. The van der Waals surface area contributed by atoms with E-state index in [1.165, 1.54) is 23.0 Å². The van der Waals surface area contributed by atoms with Crippen molar-refractivity contribution in [2.75, 3.05) is 49.1 Å². The third kappa shape index (κ3) is 4.52. The number of H-pyrrole nitrogens is 1. The Balaban J connectivity index is 1.10. The molecule has 0 unspecified atom stereocenters. The van der Waals surface area contributed by atoms with Gasteiger partial charge in [-0.15, -0.1) is 0 Å². The van der Waals surface area contributed by atoms with Gasteiger partial charge in [-0.2, -0.15) is 0 Å². The molecule has 31 heavy (non-hydrogen) atoms. The largest absolute Gasteiger partial charge is 0.369 e. The van der Waals surface area contributed by atoms with E-state index in [4.69, 9.17) is 0 Å². The Morgan fingerprint density at radius 3 is 2.48 bits per heavy atom. The molecule has 2 aliphatic rings. The molecule has 2 aromatic carbocycles. The molecular weight excluding hydrogens is 387 g/mol. The van der Waals surface area contributed by atoms with Crippen molar-refractivity contribution in [3.63, 3.8) is 0 Å². The number of piperazine rings is 1. The monoisotopic (exact) mass is 416 g/mol. The number of aromatic amines is 1. The number of hydrogen-bond acceptors (Lipinski definition) is 3.